The highest BCUT2D eigenvalue weighted by molar-refractivity contribution is 4.90. The van der Waals surface area contributed by atoms with E-state index in [0.717, 1.165) is 0 Å². The van der Waals surface area contributed by atoms with Crippen LogP contribution in [0.4, 0.5) is 0 Å². The Balaban J connectivity index is 2.77. The first-order chi connectivity index (χ1) is 5.34. The highest BCUT2D eigenvalue weighted by atomic mass is 15.4. The zero-order valence-electron chi connectivity index (χ0n) is 9.26. The highest BCUT2D eigenvalue weighted by Gasteiger charge is 2.39. The predicted molar refractivity (Wildman–Crippen MR) is 53.1 cm³/mol. The Labute approximate surface area is 76.5 Å². The molecule has 2 heteroatoms. The van der Waals surface area contributed by atoms with E-state index in [1.54, 1.807) is 0 Å². The molecule has 1 heterocycles. The summed E-state index contributed by atoms with van der Waals surface area (Å²) in [7, 11) is 4.44. The zero-order chi connectivity index (χ0) is 9.52. The first-order valence-electron chi connectivity index (χ1n) is 4.76. The van der Waals surface area contributed by atoms with Gasteiger partial charge in [0.2, 0.25) is 0 Å². The van der Waals surface area contributed by atoms with Gasteiger partial charge < -0.3 is 0 Å². The van der Waals surface area contributed by atoms with E-state index in [2.05, 4.69) is 51.6 Å². The summed E-state index contributed by atoms with van der Waals surface area (Å²) >= 11 is 0. The molecule has 0 bridgehead atoms. The topological polar surface area (TPSA) is 6.48 Å². The van der Waals surface area contributed by atoms with Crippen molar-refractivity contribution in [3.05, 3.63) is 0 Å². The molecule has 0 amide bonds. The molecule has 0 aromatic carbocycles. The van der Waals surface area contributed by atoms with Crippen LogP contribution in [0.1, 0.15) is 27.7 Å². The van der Waals surface area contributed by atoms with E-state index in [1.165, 1.54) is 6.54 Å². The van der Waals surface area contributed by atoms with Gasteiger partial charge in [0.15, 0.2) is 0 Å². The molecule has 1 fully saturated rings. The van der Waals surface area contributed by atoms with E-state index >= 15 is 0 Å². The maximum Gasteiger partial charge on any atom is 0.0670 e. The van der Waals surface area contributed by atoms with Crippen LogP contribution in [0.25, 0.3) is 0 Å². The third kappa shape index (κ3) is 1.64. The summed E-state index contributed by atoms with van der Waals surface area (Å²) < 4.78 is 0. The van der Waals surface area contributed by atoms with Crippen molar-refractivity contribution in [2.75, 3.05) is 20.6 Å². The fraction of sp³-hybridized carbons (Fsp3) is 1.00. The lowest BCUT2D eigenvalue weighted by atomic mass is 9.91. The van der Waals surface area contributed by atoms with Gasteiger partial charge in [0.1, 0.15) is 0 Å². The van der Waals surface area contributed by atoms with Crippen LogP contribution in [0.5, 0.6) is 0 Å². The SMILES string of the molecule is CC1CN(C)C(C(C)(C)C)N1C. The molecular weight excluding hydrogens is 148 g/mol. The number of rotatable bonds is 0. The summed E-state index contributed by atoms with van der Waals surface area (Å²) in [4.78, 5) is 4.92. The number of hydrogen-bond acceptors (Lipinski definition) is 2. The van der Waals surface area contributed by atoms with Gasteiger partial charge in [-0.3, -0.25) is 9.80 Å². The van der Waals surface area contributed by atoms with Crippen LogP contribution < -0.4 is 0 Å². The third-order valence-electron chi connectivity index (χ3n) is 2.83. The van der Waals surface area contributed by atoms with E-state index in [9.17, 15) is 0 Å². The van der Waals surface area contributed by atoms with E-state index in [0.29, 0.717) is 17.6 Å². The van der Waals surface area contributed by atoms with Crippen molar-refractivity contribution < 1.29 is 0 Å². The molecule has 0 saturated carbocycles. The minimum absolute atomic E-state index is 0.355. The first kappa shape index (κ1) is 10.0. The van der Waals surface area contributed by atoms with Crippen molar-refractivity contribution in [3.8, 4) is 0 Å². The Morgan fingerprint density at radius 1 is 1.17 bits per heavy atom. The van der Waals surface area contributed by atoms with Crippen LogP contribution in [0.3, 0.4) is 0 Å². The van der Waals surface area contributed by atoms with Gasteiger partial charge in [-0.1, -0.05) is 20.8 Å². The summed E-state index contributed by atoms with van der Waals surface area (Å²) in [6.07, 6.45) is 0.590. The van der Waals surface area contributed by atoms with Crippen molar-refractivity contribution >= 4 is 0 Å². The van der Waals surface area contributed by atoms with Gasteiger partial charge in [0.25, 0.3) is 0 Å². The lowest BCUT2D eigenvalue weighted by molar-refractivity contribution is 0.0622. The molecule has 0 aromatic heterocycles. The van der Waals surface area contributed by atoms with Crippen molar-refractivity contribution in [3.63, 3.8) is 0 Å². The second kappa shape index (κ2) is 3.00. The largest absolute Gasteiger partial charge is 0.289 e. The Morgan fingerprint density at radius 2 is 1.67 bits per heavy atom. The van der Waals surface area contributed by atoms with Crippen molar-refractivity contribution in [1.82, 2.24) is 9.80 Å². The Bertz CT molecular complexity index is 160. The van der Waals surface area contributed by atoms with Gasteiger partial charge in [-0.25, -0.2) is 0 Å². The third-order valence-corrected chi connectivity index (χ3v) is 2.83. The van der Waals surface area contributed by atoms with Gasteiger partial charge in [-0.15, -0.1) is 0 Å². The Hall–Kier alpha value is -0.0800. The second-order valence-electron chi connectivity index (χ2n) is 5.19. The molecule has 1 rings (SSSR count). The minimum Gasteiger partial charge on any atom is -0.289 e. The molecule has 2 atom stereocenters. The fourth-order valence-electron chi connectivity index (χ4n) is 2.47. The average Bonchev–Trinajstić information content (AvgIpc) is 2.05. The molecule has 12 heavy (non-hydrogen) atoms. The van der Waals surface area contributed by atoms with Gasteiger partial charge in [-0.2, -0.15) is 0 Å². The van der Waals surface area contributed by atoms with Gasteiger partial charge in [0.05, 0.1) is 6.17 Å². The molecule has 1 aliphatic rings. The lowest BCUT2D eigenvalue weighted by Crippen LogP contribution is -2.45. The van der Waals surface area contributed by atoms with Gasteiger partial charge >= 0.3 is 0 Å². The molecule has 0 aliphatic carbocycles. The Morgan fingerprint density at radius 3 is 1.83 bits per heavy atom. The van der Waals surface area contributed by atoms with Crippen LogP contribution in [-0.2, 0) is 0 Å². The number of likely N-dealkylation sites (N-methyl/N-ethyl adjacent to an activating group) is 2. The quantitative estimate of drug-likeness (QED) is 0.545. The summed E-state index contributed by atoms with van der Waals surface area (Å²) in [6.45, 7) is 10.4. The molecular formula is C10H22N2. The number of nitrogens with zero attached hydrogens (tertiary/aromatic N) is 2. The highest BCUT2D eigenvalue weighted by Crippen LogP contribution is 2.31. The molecule has 0 spiro atoms. The monoisotopic (exact) mass is 170 g/mol. The average molecular weight is 170 g/mol. The maximum atomic E-state index is 2.47. The van der Waals surface area contributed by atoms with Crippen LogP contribution in [0.15, 0.2) is 0 Å². The van der Waals surface area contributed by atoms with Crippen LogP contribution in [0.2, 0.25) is 0 Å². The predicted octanol–water partition coefficient (Wildman–Crippen LogP) is 1.62. The van der Waals surface area contributed by atoms with Crippen LogP contribution >= 0.6 is 0 Å². The standard InChI is InChI=1S/C10H22N2/c1-8-7-11(5)9(12(8)6)10(2,3)4/h8-9H,7H2,1-6H3. The first-order valence-corrected chi connectivity index (χ1v) is 4.76. The van der Waals surface area contributed by atoms with E-state index in [4.69, 9.17) is 0 Å². The molecule has 2 nitrogen and oxygen atoms in total. The van der Waals surface area contributed by atoms with E-state index < -0.39 is 0 Å². The van der Waals surface area contributed by atoms with Crippen LogP contribution in [-0.4, -0.2) is 42.6 Å². The van der Waals surface area contributed by atoms with Crippen molar-refractivity contribution in [2.24, 2.45) is 5.41 Å². The zero-order valence-corrected chi connectivity index (χ0v) is 9.26. The van der Waals surface area contributed by atoms with E-state index in [1.807, 2.05) is 0 Å². The molecule has 0 aromatic rings. The molecule has 1 saturated heterocycles. The van der Waals surface area contributed by atoms with Crippen molar-refractivity contribution in [1.29, 1.82) is 0 Å². The summed E-state index contributed by atoms with van der Waals surface area (Å²) in [5, 5.41) is 0. The normalized spacial score (nSPS) is 34.5. The van der Waals surface area contributed by atoms with Crippen LogP contribution in [0, 0.1) is 5.41 Å². The maximum absolute atomic E-state index is 2.47. The minimum atomic E-state index is 0.355. The molecule has 1 aliphatic heterocycles. The van der Waals surface area contributed by atoms with E-state index in [-0.39, 0.29) is 0 Å². The molecule has 0 radical (unpaired) electrons. The summed E-state index contributed by atoms with van der Waals surface area (Å²) in [6, 6.07) is 0.694. The lowest BCUT2D eigenvalue weighted by Gasteiger charge is -2.37. The van der Waals surface area contributed by atoms with Gasteiger partial charge in [0, 0.05) is 12.6 Å². The Kier molecular flexibility index (Phi) is 2.50. The molecule has 2 unspecified atom stereocenters. The second-order valence-corrected chi connectivity index (χ2v) is 5.19. The summed E-state index contributed by atoms with van der Waals surface area (Å²) in [5.41, 5.74) is 0.355. The summed E-state index contributed by atoms with van der Waals surface area (Å²) in [5.74, 6) is 0. The fourth-order valence-corrected chi connectivity index (χ4v) is 2.47. The smallest absolute Gasteiger partial charge is 0.0670 e. The number of hydrogen-bond donors (Lipinski definition) is 0. The van der Waals surface area contributed by atoms with Crippen molar-refractivity contribution in [2.45, 2.75) is 39.9 Å². The van der Waals surface area contributed by atoms with Gasteiger partial charge in [-0.05, 0) is 26.4 Å². The molecule has 0 N–H and O–H groups in total. The molecule has 72 valence electrons.